The normalized spacial score (nSPS) is 13.4. The van der Waals surface area contributed by atoms with Crippen LogP contribution in [-0.2, 0) is 11.8 Å². The number of hydrogen-bond acceptors (Lipinski definition) is 3. The minimum atomic E-state index is 0.0731. The second-order valence-corrected chi connectivity index (χ2v) is 7.39. The van der Waals surface area contributed by atoms with E-state index in [1.165, 1.54) is 0 Å². The zero-order valence-corrected chi connectivity index (χ0v) is 13.6. The van der Waals surface area contributed by atoms with Gasteiger partial charge in [0.05, 0.1) is 17.3 Å². The number of aromatic nitrogens is 1. The molecule has 1 aromatic carbocycles. The third-order valence-electron chi connectivity index (χ3n) is 3.30. The van der Waals surface area contributed by atoms with Crippen LogP contribution in [0.25, 0.3) is 0 Å². The van der Waals surface area contributed by atoms with Crippen molar-refractivity contribution >= 4 is 22.9 Å². The first-order valence-corrected chi connectivity index (χ1v) is 7.97. The number of aliphatic hydroxyl groups is 1. The molecule has 4 heteroatoms. The molecular weight excluding hydrogens is 290 g/mol. The van der Waals surface area contributed by atoms with Crippen LogP contribution in [0.1, 0.15) is 43.0 Å². The summed E-state index contributed by atoms with van der Waals surface area (Å²) in [5, 5.41) is 13.5. The Kier molecular flexibility index (Phi) is 4.84. The topological polar surface area (TPSA) is 33.1 Å². The van der Waals surface area contributed by atoms with E-state index in [1.54, 1.807) is 11.3 Å². The SMILES string of the molecule is CC(C)(C)c1csc(CC(CO)c2ccc(Cl)cc2)n1. The molecule has 2 rings (SSSR count). The van der Waals surface area contributed by atoms with Crippen molar-refractivity contribution < 1.29 is 5.11 Å². The molecule has 1 N–H and O–H groups in total. The van der Waals surface area contributed by atoms with E-state index >= 15 is 0 Å². The zero-order valence-electron chi connectivity index (χ0n) is 12.1. The summed E-state index contributed by atoms with van der Waals surface area (Å²) in [7, 11) is 0. The minimum Gasteiger partial charge on any atom is -0.396 e. The average Bonchev–Trinajstić information content (AvgIpc) is 2.85. The van der Waals surface area contributed by atoms with Gasteiger partial charge in [-0.25, -0.2) is 4.98 Å². The van der Waals surface area contributed by atoms with Gasteiger partial charge in [-0.15, -0.1) is 11.3 Å². The van der Waals surface area contributed by atoms with E-state index < -0.39 is 0 Å². The van der Waals surface area contributed by atoms with Crippen molar-refractivity contribution in [3.8, 4) is 0 Å². The summed E-state index contributed by atoms with van der Waals surface area (Å²) in [6.45, 7) is 6.60. The Morgan fingerprint density at radius 2 is 1.90 bits per heavy atom. The summed E-state index contributed by atoms with van der Waals surface area (Å²) in [6.07, 6.45) is 0.763. The van der Waals surface area contributed by atoms with Crippen molar-refractivity contribution in [2.75, 3.05) is 6.61 Å². The molecule has 0 aliphatic heterocycles. The van der Waals surface area contributed by atoms with E-state index in [4.69, 9.17) is 16.6 Å². The van der Waals surface area contributed by atoms with Gasteiger partial charge in [0.15, 0.2) is 0 Å². The third kappa shape index (κ3) is 3.81. The fraction of sp³-hybridized carbons (Fsp3) is 0.438. The van der Waals surface area contributed by atoms with Gasteiger partial charge in [0, 0.05) is 28.2 Å². The molecule has 0 radical (unpaired) electrons. The maximum absolute atomic E-state index is 9.62. The summed E-state index contributed by atoms with van der Waals surface area (Å²) < 4.78 is 0. The van der Waals surface area contributed by atoms with Gasteiger partial charge < -0.3 is 5.11 Å². The molecule has 2 nitrogen and oxygen atoms in total. The summed E-state index contributed by atoms with van der Waals surface area (Å²) in [4.78, 5) is 4.69. The van der Waals surface area contributed by atoms with E-state index in [9.17, 15) is 5.11 Å². The van der Waals surface area contributed by atoms with Crippen LogP contribution in [0.15, 0.2) is 29.6 Å². The summed E-state index contributed by atoms with van der Waals surface area (Å²) in [5.74, 6) is 0.0752. The van der Waals surface area contributed by atoms with Crippen molar-refractivity contribution in [3.63, 3.8) is 0 Å². The second-order valence-electron chi connectivity index (χ2n) is 6.01. The van der Waals surface area contributed by atoms with Crippen molar-refractivity contribution in [3.05, 3.63) is 50.9 Å². The van der Waals surface area contributed by atoms with Crippen LogP contribution >= 0.6 is 22.9 Å². The van der Waals surface area contributed by atoms with Gasteiger partial charge in [0.25, 0.3) is 0 Å². The van der Waals surface area contributed by atoms with Gasteiger partial charge in [0.2, 0.25) is 0 Å². The summed E-state index contributed by atoms with van der Waals surface area (Å²) in [6, 6.07) is 7.67. The third-order valence-corrected chi connectivity index (χ3v) is 4.43. The quantitative estimate of drug-likeness (QED) is 0.907. The largest absolute Gasteiger partial charge is 0.396 e. The first-order chi connectivity index (χ1) is 9.40. The molecule has 0 amide bonds. The highest BCUT2D eigenvalue weighted by molar-refractivity contribution is 7.09. The molecule has 0 aliphatic carbocycles. The van der Waals surface area contributed by atoms with Crippen LogP contribution in [0.2, 0.25) is 5.02 Å². The highest BCUT2D eigenvalue weighted by atomic mass is 35.5. The molecular formula is C16H20ClNOS. The standard InChI is InChI=1S/C16H20ClNOS/c1-16(2,3)14-10-20-15(18-14)8-12(9-19)11-4-6-13(17)7-5-11/h4-7,10,12,19H,8-9H2,1-3H3. The van der Waals surface area contributed by atoms with Crippen LogP contribution in [0.3, 0.4) is 0 Å². The molecule has 1 heterocycles. The average molecular weight is 310 g/mol. The highest BCUT2D eigenvalue weighted by Crippen LogP contribution is 2.28. The lowest BCUT2D eigenvalue weighted by molar-refractivity contribution is 0.264. The Labute approximate surface area is 129 Å². The molecule has 0 spiro atoms. The lowest BCUT2D eigenvalue weighted by Crippen LogP contribution is -2.12. The molecule has 0 fully saturated rings. The van der Waals surface area contributed by atoms with Crippen LogP contribution in [0, 0.1) is 0 Å². The van der Waals surface area contributed by atoms with Gasteiger partial charge >= 0.3 is 0 Å². The highest BCUT2D eigenvalue weighted by Gasteiger charge is 2.19. The van der Waals surface area contributed by atoms with Gasteiger partial charge in [-0.3, -0.25) is 0 Å². The Balaban J connectivity index is 2.14. The van der Waals surface area contributed by atoms with Crippen LogP contribution in [-0.4, -0.2) is 16.7 Å². The molecule has 0 saturated carbocycles. The number of rotatable bonds is 4. The van der Waals surface area contributed by atoms with Crippen LogP contribution in [0.5, 0.6) is 0 Å². The minimum absolute atomic E-state index is 0.0731. The fourth-order valence-corrected chi connectivity index (χ4v) is 3.21. The predicted molar refractivity (Wildman–Crippen MR) is 85.8 cm³/mol. The van der Waals surface area contributed by atoms with Gasteiger partial charge in [0.1, 0.15) is 0 Å². The van der Waals surface area contributed by atoms with Crippen molar-refractivity contribution in [2.24, 2.45) is 0 Å². The van der Waals surface area contributed by atoms with E-state index in [1.807, 2.05) is 24.3 Å². The van der Waals surface area contributed by atoms with Gasteiger partial charge in [-0.05, 0) is 17.7 Å². The Morgan fingerprint density at radius 1 is 1.25 bits per heavy atom. The number of nitrogens with zero attached hydrogens (tertiary/aromatic N) is 1. The Hall–Kier alpha value is -0.900. The smallest absolute Gasteiger partial charge is 0.0935 e. The number of halogens is 1. The van der Waals surface area contributed by atoms with Crippen LogP contribution in [0.4, 0.5) is 0 Å². The second kappa shape index (κ2) is 6.25. The molecule has 1 atom stereocenters. The number of benzene rings is 1. The Morgan fingerprint density at radius 3 is 2.40 bits per heavy atom. The summed E-state index contributed by atoms with van der Waals surface area (Å²) >= 11 is 7.57. The molecule has 20 heavy (non-hydrogen) atoms. The molecule has 0 bridgehead atoms. The number of hydrogen-bond donors (Lipinski definition) is 1. The number of aliphatic hydroxyl groups excluding tert-OH is 1. The molecule has 0 aliphatic rings. The van der Waals surface area contributed by atoms with E-state index in [2.05, 4.69) is 26.2 Å². The molecule has 2 aromatic rings. The monoisotopic (exact) mass is 309 g/mol. The van der Waals surface area contributed by atoms with E-state index in [0.29, 0.717) is 0 Å². The number of thiazole rings is 1. The van der Waals surface area contributed by atoms with E-state index in [-0.39, 0.29) is 17.9 Å². The molecule has 1 unspecified atom stereocenters. The zero-order chi connectivity index (χ0) is 14.8. The summed E-state index contributed by atoms with van der Waals surface area (Å²) in [5.41, 5.74) is 2.29. The van der Waals surface area contributed by atoms with Crippen molar-refractivity contribution in [1.29, 1.82) is 0 Å². The first-order valence-electron chi connectivity index (χ1n) is 6.71. The van der Waals surface area contributed by atoms with Gasteiger partial charge in [-0.2, -0.15) is 0 Å². The molecule has 108 valence electrons. The van der Waals surface area contributed by atoms with Crippen molar-refractivity contribution in [2.45, 2.75) is 38.5 Å². The van der Waals surface area contributed by atoms with E-state index in [0.717, 1.165) is 27.7 Å². The van der Waals surface area contributed by atoms with Crippen molar-refractivity contribution in [1.82, 2.24) is 4.98 Å². The molecule has 1 aromatic heterocycles. The maximum atomic E-state index is 9.62. The first kappa shape index (κ1) is 15.5. The lowest BCUT2D eigenvalue weighted by Gasteiger charge is -2.15. The lowest BCUT2D eigenvalue weighted by atomic mass is 9.93. The fourth-order valence-electron chi connectivity index (χ4n) is 1.98. The van der Waals surface area contributed by atoms with Gasteiger partial charge in [-0.1, -0.05) is 44.5 Å². The Bertz CT molecular complexity index is 557. The van der Waals surface area contributed by atoms with Crippen LogP contribution < -0.4 is 0 Å². The maximum Gasteiger partial charge on any atom is 0.0935 e. The predicted octanol–water partition coefficient (Wildman–Crippen LogP) is 4.41. The molecule has 0 saturated heterocycles.